The lowest BCUT2D eigenvalue weighted by Crippen LogP contribution is -2.15. The minimum Gasteiger partial charge on any atom is -0.491 e. The fraction of sp³-hybridized carbons (Fsp3) is 0.292. The Bertz CT molecular complexity index is 861. The Morgan fingerprint density at radius 1 is 1.30 bits per heavy atom. The van der Waals surface area contributed by atoms with Gasteiger partial charge in [0.2, 0.25) is 0 Å². The summed E-state index contributed by atoms with van der Waals surface area (Å²) < 4.78 is 6.14. The van der Waals surface area contributed by atoms with Gasteiger partial charge >= 0.3 is 0 Å². The molecule has 27 heavy (non-hydrogen) atoms. The summed E-state index contributed by atoms with van der Waals surface area (Å²) in [5, 5.41) is 8.98. The van der Waals surface area contributed by atoms with Gasteiger partial charge in [0.15, 0.2) is 0 Å². The Kier molecular flexibility index (Phi) is 7.25. The zero-order chi connectivity index (χ0) is 19.8. The molecule has 0 aliphatic heterocycles. The van der Waals surface area contributed by atoms with Gasteiger partial charge in [-0.2, -0.15) is 5.26 Å². The molecule has 1 atom stereocenters. The lowest BCUT2D eigenvalue weighted by atomic mass is 10.0. The van der Waals surface area contributed by atoms with E-state index >= 15 is 0 Å². The number of benzene rings is 2. The van der Waals surface area contributed by atoms with Crippen molar-refractivity contribution in [1.82, 2.24) is 0 Å². The standard InChI is InChI=1S/C24H28N2O/c1-6-14-26(18(2)3)23-8-7-9-24(16-23)27-20(5)10-12-22-13-11-21(17-25)15-19(22)4/h6-9,11,13-16,20H,2,10,12H2,1,3-5H3/b14-6-. The first-order valence-corrected chi connectivity index (χ1v) is 9.28. The second-order valence-electron chi connectivity index (χ2n) is 6.81. The van der Waals surface area contributed by atoms with E-state index < -0.39 is 0 Å². The zero-order valence-electron chi connectivity index (χ0n) is 16.7. The molecule has 1 unspecified atom stereocenters. The summed E-state index contributed by atoms with van der Waals surface area (Å²) in [6.07, 6.45) is 5.92. The van der Waals surface area contributed by atoms with E-state index in [4.69, 9.17) is 10.00 Å². The lowest BCUT2D eigenvalue weighted by molar-refractivity contribution is 0.211. The molecule has 3 nitrogen and oxygen atoms in total. The molecule has 3 heteroatoms. The second kappa shape index (κ2) is 9.64. The number of anilines is 1. The fourth-order valence-electron chi connectivity index (χ4n) is 2.99. The molecule has 0 aliphatic carbocycles. The van der Waals surface area contributed by atoms with Crippen molar-refractivity contribution in [3.05, 3.63) is 83.7 Å². The summed E-state index contributed by atoms with van der Waals surface area (Å²) in [6.45, 7) is 12.2. The highest BCUT2D eigenvalue weighted by Gasteiger charge is 2.09. The molecule has 0 bridgehead atoms. The summed E-state index contributed by atoms with van der Waals surface area (Å²) in [6, 6.07) is 16.1. The molecule has 0 fully saturated rings. The molecule has 140 valence electrons. The molecule has 0 saturated heterocycles. The largest absolute Gasteiger partial charge is 0.491 e. The van der Waals surface area contributed by atoms with Crippen LogP contribution in [0.5, 0.6) is 5.75 Å². The maximum absolute atomic E-state index is 8.98. The van der Waals surface area contributed by atoms with Gasteiger partial charge in [0, 0.05) is 23.7 Å². The molecule has 2 rings (SSSR count). The van der Waals surface area contributed by atoms with Crippen molar-refractivity contribution in [2.45, 2.75) is 46.6 Å². The van der Waals surface area contributed by atoms with E-state index in [-0.39, 0.29) is 6.10 Å². The van der Waals surface area contributed by atoms with Crippen molar-refractivity contribution < 1.29 is 4.74 Å². The second-order valence-corrected chi connectivity index (χ2v) is 6.81. The van der Waals surface area contributed by atoms with Crippen LogP contribution in [0.4, 0.5) is 5.69 Å². The van der Waals surface area contributed by atoms with Gasteiger partial charge < -0.3 is 9.64 Å². The van der Waals surface area contributed by atoms with Crippen molar-refractivity contribution in [2.24, 2.45) is 0 Å². The number of ether oxygens (including phenoxy) is 1. The van der Waals surface area contributed by atoms with Crippen LogP contribution in [0.1, 0.15) is 43.9 Å². The van der Waals surface area contributed by atoms with Crippen LogP contribution in [0.2, 0.25) is 0 Å². The van der Waals surface area contributed by atoms with Crippen molar-refractivity contribution in [2.75, 3.05) is 4.90 Å². The molecular formula is C24H28N2O. The number of rotatable bonds is 8. The first-order chi connectivity index (χ1) is 12.9. The minimum absolute atomic E-state index is 0.0929. The van der Waals surface area contributed by atoms with E-state index in [0.29, 0.717) is 5.56 Å². The molecule has 0 radical (unpaired) electrons. The van der Waals surface area contributed by atoms with Crippen LogP contribution >= 0.6 is 0 Å². The fourth-order valence-corrected chi connectivity index (χ4v) is 2.99. The molecule has 0 N–H and O–H groups in total. The van der Waals surface area contributed by atoms with Crippen LogP contribution in [-0.2, 0) is 6.42 Å². The predicted octanol–water partition coefficient (Wildman–Crippen LogP) is 6.14. The number of hydrogen-bond acceptors (Lipinski definition) is 3. The van der Waals surface area contributed by atoms with Crippen LogP contribution < -0.4 is 9.64 Å². The molecule has 0 saturated carbocycles. The summed E-state index contributed by atoms with van der Waals surface area (Å²) >= 11 is 0. The van der Waals surface area contributed by atoms with Gasteiger partial charge in [0.05, 0.1) is 17.7 Å². The Labute approximate surface area is 163 Å². The highest BCUT2D eigenvalue weighted by atomic mass is 16.5. The lowest BCUT2D eigenvalue weighted by Gasteiger charge is -2.22. The highest BCUT2D eigenvalue weighted by molar-refractivity contribution is 5.57. The zero-order valence-corrected chi connectivity index (χ0v) is 16.7. The van der Waals surface area contributed by atoms with Crippen molar-refractivity contribution in [3.8, 4) is 11.8 Å². The van der Waals surface area contributed by atoms with Gasteiger partial charge in [-0.25, -0.2) is 0 Å². The van der Waals surface area contributed by atoms with Gasteiger partial charge in [0.1, 0.15) is 5.75 Å². The summed E-state index contributed by atoms with van der Waals surface area (Å²) in [4.78, 5) is 2.04. The van der Waals surface area contributed by atoms with E-state index in [2.05, 4.69) is 26.5 Å². The van der Waals surface area contributed by atoms with Crippen LogP contribution in [0.3, 0.4) is 0 Å². The van der Waals surface area contributed by atoms with Crippen LogP contribution in [0.25, 0.3) is 0 Å². The third-order valence-corrected chi connectivity index (χ3v) is 4.43. The monoisotopic (exact) mass is 360 g/mol. The van der Waals surface area contributed by atoms with Crippen LogP contribution in [0, 0.1) is 18.3 Å². The highest BCUT2D eigenvalue weighted by Crippen LogP contribution is 2.25. The van der Waals surface area contributed by atoms with Crippen molar-refractivity contribution in [3.63, 3.8) is 0 Å². The minimum atomic E-state index is 0.0929. The van der Waals surface area contributed by atoms with Gasteiger partial charge in [-0.1, -0.05) is 24.8 Å². The third kappa shape index (κ3) is 5.76. The number of nitriles is 1. The van der Waals surface area contributed by atoms with Gasteiger partial charge in [-0.15, -0.1) is 0 Å². The quantitative estimate of drug-likeness (QED) is 0.567. The summed E-state index contributed by atoms with van der Waals surface area (Å²) in [5.41, 5.74) is 5.12. The molecule has 0 heterocycles. The molecule has 0 aliphatic rings. The summed E-state index contributed by atoms with van der Waals surface area (Å²) in [5.74, 6) is 0.854. The Morgan fingerprint density at radius 2 is 2.07 bits per heavy atom. The normalized spacial score (nSPS) is 11.8. The van der Waals surface area contributed by atoms with E-state index in [1.165, 1.54) is 5.56 Å². The first-order valence-electron chi connectivity index (χ1n) is 9.28. The Hall–Kier alpha value is -2.99. The van der Waals surface area contributed by atoms with Crippen LogP contribution in [-0.4, -0.2) is 6.10 Å². The topological polar surface area (TPSA) is 36.3 Å². The average Bonchev–Trinajstić information content (AvgIpc) is 2.65. The summed E-state index contributed by atoms with van der Waals surface area (Å²) in [7, 11) is 0. The Balaban J connectivity index is 2.02. The average molecular weight is 361 g/mol. The SMILES string of the molecule is C=C(C)N(/C=C\C)c1cccc(OC(C)CCc2ccc(C#N)cc2C)c1. The van der Waals surface area contributed by atoms with E-state index in [1.807, 2.05) is 73.5 Å². The number of aryl methyl sites for hydroxylation is 2. The van der Waals surface area contributed by atoms with Crippen LogP contribution in [0.15, 0.2) is 67.0 Å². The number of nitrogens with zero attached hydrogens (tertiary/aromatic N) is 2. The van der Waals surface area contributed by atoms with E-state index in [1.54, 1.807) is 0 Å². The third-order valence-electron chi connectivity index (χ3n) is 4.43. The number of allylic oxidation sites excluding steroid dienone is 2. The molecule has 2 aromatic rings. The predicted molar refractivity (Wildman–Crippen MR) is 113 cm³/mol. The van der Waals surface area contributed by atoms with Gasteiger partial charge in [-0.3, -0.25) is 0 Å². The van der Waals surface area contributed by atoms with E-state index in [9.17, 15) is 0 Å². The Morgan fingerprint density at radius 3 is 2.70 bits per heavy atom. The molecule has 0 spiro atoms. The number of hydrogen-bond donors (Lipinski definition) is 0. The van der Waals surface area contributed by atoms with Crippen molar-refractivity contribution in [1.29, 1.82) is 5.26 Å². The van der Waals surface area contributed by atoms with Gasteiger partial charge in [-0.05, 0) is 75.9 Å². The molecule has 0 aromatic heterocycles. The molecular weight excluding hydrogens is 332 g/mol. The molecule has 0 amide bonds. The maximum Gasteiger partial charge on any atom is 0.121 e. The molecule has 2 aromatic carbocycles. The van der Waals surface area contributed by atoms with Gasteiger partial charge in [0.25, 0.3) is 0 Å². The first kappa shape index (κ1) is 20.3. The van der Waals surface area contributed by atoms with E-state index in [0.717, 1.165) is 35.5 Å². The maximum atomic E-state index is 8.98. The smallest absolute Gasteiger partial charge is 0.121 e. The van der Waals surface area contributed by atoms with Crippen molar-refractivity contribution >= 4 is 5.69 Å².